The summed E-state index contributed by atoms with van der Waals surface area (Å²) in [6, 6.07) is 9.38. The number of fused-ring (bicyclic) bond motifs is 1. The van der Waals surface area contributed by atoms with Crippen molar-refractivity contribution in [3.05, 3.63) is 53.9 Å². The SMILES string of the molecule is CC(=O)NCc1ccc(-c2cc3c(N[C@@H]4CCC[C@@H]4F)c(C(N)=O)cnn3c2)cc1. The summed E-state index contributed by atoms with van der Waals surface area (Å²) < 4.78 is 15.9. The number of carbonyl (C=O) groups is 2. The van der Waals surface area contributed by atoms with Gasteiger partial charge in [-0.25, -0.2) is 8.91 Å². The Kier molecular flexibility index (Phi) is 5.39. The molecule has 156 valence electrons. The van der Waals surface area contributed by atoms with Crippen molar-refractivity contribution in [1.82, 2.24) is 14.9 Å². The van der Waals surface area contributed by atoms with Gasteiger partial charge in [0.25, 0.3) is 5.91 Å². The molecular weight excluding hydrogens is 385 g/mol. The third-order valence-electron chi connectivity index (χ3n) is 5.49. The molecule has 3 aromatic rings. The smallest absolute Gasteiger partial charge is 0.252 e. The summed E-state index contributed by atoms with van der Waals surface area (Å²) in [7, 11) is 0. The van der Waals surface area contributed by atoms with Crippen LogP contribution in [0.1, 0.15) is 42.1 Å². The minimum Gasteiger partial charge on any atom is -0.377 e. The van der Waals surface area contributed by atoms with Crippen LogP contribution in [-0.4, -0.2) is 33.6 Å². The van der Waals surface area contributed by atoms with E-state index in [1.54, 1.807) is 4.52 Å². The molecule has 0 radical (unpaired) electrons. The third-order valence-corrected chi connectivity index (χ3v) is 5.49. The average molecular weight is 409 g/mol. The van der Waals surface area contributed by atoms with Crippen molar-refractivity contribution in [2.24, 2.45) is 5.73 Å². The number of aromatic nitrogens is 2. The second-order valence-corrected chi connectivity index (χ2v) is 7.66. The largest absolute Gasteiger partial charge is 0.377 e. The van der Waals surface area contributed by atoms with Crippen LogP contribution in [0.5, 0.6) is 0 Å². The quantitative estimate of drug-likeness (QED) is 0.582. The van der Waals surface area contributed by atoms with Gasteiger partial charge in [0, 0.05) is 25.2 Å². The average Bonchev–Trinajstić information content (AvgIpc) is 3.33. The Morgan fingerprint density at radius 1 is 1.23 bits per heavy atom. The minimum absolute atomic E-state index is 0.0769. The second-order valence-electron chi connectivity index (χ2n) is 7.66. The summed E-state index contributed by atoms with van der Waals surface area (Å²) >= 11 is 0. The number of benzene rings is 1. The first kappa shape index (κ1) is 19.9. The molecule has 1 fully saturated rings. The number of hydrogen-bond acceptors (Lipinski definition) is 4. The third kappa shape index (κ3) is 3.98. The maximum atomic E-state index is 14.2. The number of hydrogen-bond donors (Lipinski definition) is 3. The lowest BCUT2D eigenvalue weighted by atomic mass is 10.1. The van der Waals surface area contributed by atoms with E-state index in [1.807, 2.05) is 36.5 Å². The van der Waals surface area contributed by atoms with E-state index in [-0.39, 0.29) is 17.5 Å². The Balaban J connectivity index is 1.68. The van der Waals surface area contributed by atoms with Gasteiger partial charge in [-0.2, -0.15) is 5.10 Å². The summed E-state index contributed by atoms with van der Waals surface area (Å²) in [6.07, 6.45) is 4.35. The molecule has 0 bridgehead atoms. The molecule has 1 saturated carbocycles. The van der Waals surface area contributed by atoms with Crippen LogP contribution in [0.4, 0.5) is 10.1 Å². The van der Waals surface area contributed by atoms with Crippen LogP contribution in [0, 0.1) is 0 Å². The van der Waals surface area contributed by atoms with Crippen LogP contribution in [-0.2, 0) is 11.3 Å². The van der Waals surface area contributed by atoms with E-state index in [0.717, 1.165) is 23.1 Å². The van der Waals surface area contributed by atoms with Gasteiger partial charge in [-0.05, 0) is 36.5 Å². The Bertz CT molecular complexity index is 1090. The first-order valence-electron chi connectivity index (χ1n) is 9.98. The standard InChI is InChI=1S/C22H24FN5O2/c1-13(29)25-10-14-5-7-15(8-6-14)16-9-20-21(27-19-4-2-3-18(19)23)17(22(24)30)11-26-28(20)12-16/h5-9,11-12,18-19,27H,2-4,10H2,1H3,(H2,24,30)(H,25,29)/t18-,19+/m0/s1. The molecule has 0 unspecified atom stereocenters. The fraction of sp³-hybridized carbons (Fsp3) is 0.318. The number of rotatable bonds is 6. The van der Waals surface area contributed by atoms with E-state index in [2.05, 4.69) is 15.7 Å². The molecule has 2 amide bonds. The lowest BCUT2D eigenvalue weighted by Crippen LogP contribution is -2.27. The van der Waals surface area contributed by atoms with Gasteiger partial charge in [-0.15, -0.1) is 0 Å². The van der Waals surface area contributed by atoms with Gasteiger partial charge < -0.3 is 16.4 Å². The van der Waals surface area contributed by atoms with E-state index in [4.69, 9.17) is 5.73 Å². The van der Waals surface area contributed by atoms with Gasteiger partial charge >= 0.3 is 0 Å². The lowest BCUT2D eigenvalue weighted by molar-refractivity contribution is -0.119. The highest BCUT2D eigenvalue weighted by atomic mass is 19.1. The van der Waals surface area contributed by atoms with Crippen molar-refractivity contribution < 1.29 is 14.0 Å². The van der Waals surface area contributed by atoms with Crippen LogP contribution in [0.25, 0.3) is 16.6 Å². The van der Waals surface area contributed by atoms with Crippen molar-refractivity contribution in [3.63, 3.8) is 0 Å². The number of halogens is 1. The van der Waals surface area contributed by atoms with Gasteiger partial charge in [-0.1, -0.05) is 24.3 Å². The van der Waals surface area contributed by atoms with Gasteiger partial charge in [0.2, 0.25) is 5.91 Å². The molecule has 2 aromatic heterocycles. The van der Waals surface area contributed by atoms with Crippen LogP contribution in [0.15, 0.2) is 42.7 Å². The predicted molar refractivity (Wildman–Crippen MR) is 113 cm³/mol. The summed E-state index contributed by atoms with van der Waals surface area (Å²) in [5.41, 5.74) is 9.83. The topological polar surface area (TPSA) is 102 Å². The van der Waals surface area contributed by atoms with E-state index in [1.165, 1.54) is 13.1 Å². The number of amides is 2. The fourth-order valence-corrected chi connectivity index (χ4v) is 3.86. The molecule has 8 heteroatoms. The van der Waals surface area contributed by atoms with Gasteiger partial charge in [0.05, 0.1) is 29.0 Å². The maximum absolute atomic E-state index is 14.2. The number of carbonyl (C=O) groups excluding carboxylic acids is 2. The van der Waals surface area contributed by atoms with E-state index in [9.17, 15) is 14.0 Å². The molecule has 2 heterocycles. The van der Waals surface area contributed by atoms with Crippen LogP contribution >= 0.6 is 0 Å². The normalized spacial score (nSPS) is 18.5. The summed E-state index contributed by atoms with van der Waals surface area (Å²) in [5.74, 6) is -0.683. The molecule has 30 heavy (non-hydrogen) atoms. The number of nitrogens with two attached hydrogens (primary N) is 1. The number of nitrogens with one attached hydrogen (secondary N) is 2. The fourth-order valence-electron chi connectivity index (χ4n) is 3.86. The number of nitrogens with zero attached hydrogens (tertiary/aromatic N) is 2. The Labute approximate surface area is 173 Å². The molecule has 2 atom stereocenters. The van der Waals surface area contributed by atoms with Gasteiger partial charge in [0.1, 0.15) is 6.17 Å². The molecule has 4 rings (SSSR count). The highest BCUT2D eigenvalue weighted by molar-refractivity contribution is 6.02. The van der Waals surface area contributed by atoms with Crippen molar-refractivity contribution in [1.29, 1.82) is 0 Å². The van der Waals surface area contributed by atoms with E-state index >= 15 is 0 Å². The summed E-state index contributed by atoms with van der Waals surface area (Å²) in [5, 5.41) is 10.3. The Morgan fingerprint density at radius 2 is 2.00 bits per heavy atom. The highest BCUT2D eigenvalue weighted by Crippen LogP contribution is 2.32. The van der Waals surface area contributed by atoms with E-state index in [0.29, 0.717) is 30.6 Å². The van der Waals surface area contributed by atoms with Crippen molar-refractivity contribution in [3.8, 4) is 11.1 Å². The van der Waals surface area contributed by atoms with Gasteiger partial charge in [-0.3, -0.25) is 9.59 Å². The molecule has 4 N–H and O–H groups in total. The molecule has 1 aliphatic rings. The number of anilines is 1. The minimum atomic E-state index is -0.954. The maximum Gasteiger partial charge on any atom is 0.252 e. The van der Waals surface area contributed by atoms with Crippen molar-refractivity contribution >= 4 is 23.0 Å². The Morgan fingerprint density at radius 3 is 2.63 bits per heavy atom. The molecule has 7 nitrogen and oxygen atoms in total. The number of primary amides is 1. The first-order valence-corrected chi connectivity index (χ1v) is 9.98. The molecule has 1 aromatic carbocycles. The van der Waals surface area contributed by atoms with Crippen LogP contribution in [0.2, 0.25) is 0 Å². The molecule has 0 aliphatic heterocycles. The predicted octanol–water partition coefficient (Wildman–Crippen LogP) is 3.04. The zero-order valence-electron chi connectivity index (χ0n) is 16.7. The van der Waals surface area contributed by atoms with Crippen molar-refractivity contribution in [2.45, 2.75) is 44.9 Å². The Hall–Kier alpha value is -3.42. The molecule has 1 aliphatic carbocycles. The van der Waals surface area contributed by atoms with Crippen LogP contribution in [0.3, 0.4) is 0 Å². The number of alkyl halides is 1. The van der Waals surface area contributed by atoms with Crippen LogP contribution < -0.4 is 16.4 Å². The highest BCUT2D eigenvalue weighted by Gasteiger charge is 2.28. The molecular formula is C22H24FN5O2. The molecule has 0 saturated heterocycles. The van der Waals surface area contributed by atoms with E-state index < -0.39 is 12.1 Å². The summed E-state index contributed by atoms with van der Waals surface area (Å²) in [6.45, 7) is 1.95. The lowest BCUT2D eigenvalue weighted by Gasteiger charge is -2.19. The zero-order valence-corrected chi connectivity index (χ0v) is 16.7. The van der Waals surface area contributed by atoms with Gasteiger partial charge in [0.15, 0.2) is 0 Å². The monoisotopic (exact) mass is 409 g/mol. The first-order chi connectivity index (χ1) is 14.4. The zero-order chi connectivity index (χ0) is 21.3. The summed E-state index contributed by atoms with van der Waals surface area (Å²) in [4.78, 5) is 23.0. The van der Waals surface area contributed by atoms with Crippen molar-refractivity contribution in [2.75, 3.05) is 5.32 Å². The molecule has 0 spiro atoms. The second kappa shape index (κ2) is 8.14.